The molecule has 0 spiro atoms. The highest BCUT2D eigenvalue weighted by atomic mass is 16.5. The molecule has 0 saturated heterocycles. The van der Waals surface area contributed by atoms with E-state index < -0.39 is 0 Å². The molecule has 0 fully saturated rings. The van der Waals surface area contributed by atoms with E-state index in [9.17, 15) is 0 Å². The molecule has 2 heterocycles. The monoisotopic (exact) mass is 257 g/mol. The number of nitrogens with one attached hydrogen (secondary N) is 1. The standard InChI is InChI=1S/C15H19N3O/c1-3-18-13(8-9-17-18)15(16-2)12-10-19-14-7-5-4-6-11(12)14/h4-9,12,15-16H,3,10H2,1-2H3. The van der Waals surface area contributed by atoms with Crippen LogP contribution in [0.2, 0.25) is 0 Å². The van der Waals surface area contributed by atoms with Crippen LogP contribution in [0, 0.1) is 0 Å². The maximum absolute atomic E-state index is 5.80. The van der Waals surface area contributed by atoms with Gasteiger partial charge in [0.2, 0.25) is 0 Å². The average Bonchev–Trinajstić information content (AvgIpc) is 3.07. The molecular weight excluding hydrogens is 238 g/mol. The Kier molecular flexibility index (Phi) is 3.25. The van der Waals surface area contributed by atoms with Crippen molar-refractivity contribution < 1.29 is 4.74 Å². The van der Waals surface area contributed by atoms with Crippen LogP contribution < -0.4 is 10.1 Å². The summed E-state index contributed by atoms with van der Waals surface area (Å²) in [5.74, 6) is 1.35. The lowest BCUT2D eigenvalue weighted by Crippen LogP contribution is -2.27. The lowest BCUT2D eigenvalue weighted by Gasteiger charge is -2.23. The van der Waals surface area contributed by atoms with Crippen LogP contribution in [0.25, 0.3) is 0 Å². The lowest BCUT2D eigenvalue weighted by atomic mass is 9.91. The number of rotatable bonds is 4. The van der Waals surface area contributed by atoms with Crippen molar-refractivity contribution in [3.8, 4) is 5.75 Å². The van der Waals surface area contributed by atoms with Crippen molar-refractivity contribution in [3.05, 3.63) is 47.8 Å². The van der Waals surface area contributed by atoms with Crippen LogP contribution in [0.3, 0.4) is 0 Å². The SMILES string of the molecule is CCn1nccc1C(NC)C1COc2ccccc21. The van der Waals surface area contributed by atoms with E-state index in [-0.39, 0.29) is 6.04 Å². The van der Waals surface area contributed by atoms with Gasteiger partial charge in [-0.15, -0.1) is 0 Å². The van der Waals surface area contributed by atoms with E-state index in [1.807, 2.05) is 30.1 Å². The van der Waals surface area contributed by atoms with E-state index in [1.165, 1.54) is 11.3 Å². The molecule has 4 nitrogen and oxygen atoms in total. The second kappa shape index (κ2) is 5.05. The van der Waals surface area contributed by atoms with Crippen molar-refractivity contribution in [1.29, 1.82) is 0 Å². The zero-order chi connectivity index (χ0) is 13.2. The zero-order valence-corrected chi connectivity index (χ0v) is 11.3. The van der Waals surface area contributed by atoms with Crippen LogP contribution in [0.1, 0.15) is 30.1 Å². The molecule has 0 radical (unpaired) electrons. The molecule has 2 atom stereocenters. The minimum atomic E-state index is 0.228. The molecule has 1 aromatic heterocycles. The molecular formula is C15H19N3O. The third-order valence-electron chi connectivity index (χ3n) is 3.82. The summed E-state index contributed by atoms with van der Waals surface area (Å²) in [7, 11) is 2.00. The molecule has 1 aliphatic heterocycles. The van der Waals surface area contributed by atoms with Gasteiger partial charge >= 0.3 is 0 Å². The molecule has 0 saturated carbocycles. The number of ether oxygens (including phenoxy) is 1. The van der Waals surface area contributed by atoms with E-state index in [0.717, 1.165) is 18.9 Å². The number of nitrogens with zero attached hydrogens (tertiary/aromatic N) is 2. The van der Waals surface area contributed by atoms with Gasteiger partial charge < -0.3 is 10.1 Å². The maximum Gasteiger partial charge on any atom is 0.122 e. The average molecular weight is 257 g/mol. The smallest absolute Gasteiger partial charge is 0.122 e. The summed E-state index contributed by atoms with van der Waals surface area (Å²) in [6.45, 7) is 3.72. The summed E-state index contributed by atoms with van der Waals surface area (Å²) < 4.78 is 7.84. The van der Waals surface area contributed by atoms with E-state index >= 15 is 0 Å². The third-order valence-corrected chi connectivity index (χ3v) is 3.82. The number of fused-ring (bicyclic) bond motifs is 1. The largest absolute Gasteiger partial charge is 0.493 e. The zero-order valence-electron chi connectivity index (χ0n) is 11.3. The summed E-state index contributed by atoms with van der Waals surface area (Å²) in [5, 5.41) is 7.79. The molecule has 1 aliphatic rings. The van der Waals surface area contributed by atoms with Gasteiger partial charge in [-0.2, -0.15) is 5.10 Å². The van der Waals surface area contributed by atoms with Gasteiger partial charge in [-0.3, -0.25) is 4.68 Å². The molecule has 0 bridgehead atoms. The van der Waals surface area contributed by atoms with Crippen molar-refractivity contribution in [2.45, 2.75) is 25.4 Å². The highest BCUT2D eigenvalue weighted by molar-refractivity contribution is 5.41. The van der Waals surface area contributed by atoms with Crippen molar-refractivity contribution in [3.63, 3.8) is 0 Å². The van der Waals surface area contributed by atoms with Crippen molar-refractivity contribution in [1.82, 2.24) is 15.1 Å². The van der Waals surface area contributed by atoms with Crippen molar-refractivity contribution in [2.75, 3.05) is 13.7 Å². The predicted octanol–water partition coefficient (Wildman–Crippen LogP) is 2.34. The molecule has 19 heavy (non-hydrogen) atoms. The minimum Gasteiger partial charge on any atom is -0.493 e. The normalized spacial score (nSPS) is 18.9. The van der Waals surface area contributed by atoms with Crippen molar-refractivity contribution in [2.24, 2.45) is 0 Å². The minimum absolute atomic E-state index is 0.228. The summed E-state index contributed by atoms with van der Waals surface area (Å²) in [4.78, 5) is 0. The van der Waals surface area contributed by atoms with Gasteiger partial charge in [0.05, 0.1) is 18.3 Å². The van der Waals surface area contributed by atoms with Crippen LogP contribution in [-0.4, -0.2) is 23.4 Å². The predicted molar refractivity (Wildman–Crippen MR) is 74.4 cm³/mol. The van der Waals surface area contributed by atoms with E-state index in [1.54, 1.807) is 0 Å². The quantitative estimate of drug-likeness (QED) is 0.913. The van der Waals surface area contributed by atoms with Gasteiger partial charge in [0, 0.05) is 24.2 Å². The van der Waals surface area contributed by atoms with E-state index in [2.05, 4.69) is 35.5 Å². The van der Waals surface area contributed by atoms with Gasteiger partial charge in [-0.1, -0.05) is 18.2 Å². The number of aromatic nitrogens is 2. The molecule has 1 N–H and O–H groups in total. The highest BCUT2D eigenvalue weighted by Gasteiger charge is 2.32. The number of benzene rings is 1. The molecule has 3 rings (SSSR count). The lowest BCUT2D eigenvalue weighted by molar-refractivity contribution is 0.299. The fourth-order valence-electron chi connectivity index (χ4n) is 2.89. The highest BCUT2D eigenvalue weighted by Crippen LogP contribution is 2.40. The molecule has 4 heteroatoms. The number of aryl methyl sites for hydroxylation is 1. The number of likely N-dealkylation sites (N-methyl/N-ethyl adjacent to an activating group) is 1. The third kappa shape index (κ3) is 2.02. The Hall–Kier alpha value is -1.81. The Labute approximate surface area is 113 Å². The molecule has 2 unspecified atom stereocenters. The van der Waals surface area contributed by atoms with Crippen LogP contribution in [0.4, 0.5) is 0 Å². The van der Waals surface area contributed by atoms with E-state index in [4.69, 9.17) is 4.74 Å². The molecule has 0 aliphatic carbocycles. The summed E-state index contributed by atoms with van der Waals surface area (Å²) in [5.41, 5.74) is 2.50. The summed E-state index contributed by atoms with van der Waals surface area (Å²) in [6.07, 6.45) is 1.87. The Morgan fingerprint density at radius 3 is 3.05 bits per heavy atom. The fourth-order valence-corrected chi connectivity index (χ4v) is 2.89. The second-order valence-electron chi connectivity index (χ2n) is 4.79. The van der Waals surface area contributed by atoms with Gasteiger partial charge in [-0.05, 0) is 26.1 Å². The Balaban J connectivity index is 1.97. The van der Waals surface area contributed by atoms with Gasteiger partial charge in [0.25, 0.3) is 0 Å². The Morgan fingerprint density at radius 1 is 1.42 bits per heavy atom. The van der Waals surface area contributed by atoms with Crippen LogP contribution in [0.5, 0.6) is 5.75 Å². The number of para-hydroxylation sites is 1. The first-order valence-electron chi connectivity index (χ1n) is 6.75. The molecule has 100 valence electrons. The Morgan fingerprint density at radius 2 is 2.26 bits per heavy atom. The van der Waals surface area contributed by atoms with E-state index in [0.29, 0.717) is 5.92 Å². The van der Waals surface area contributed by atoms with Crippen molar-refractivity contribution >= 4 is 0 Å². The summed E-state index contributed by atoms with van der Waals surface area (Å²) >= 11 is 0. The number of hydrogen-bond donors (Lipinski definition) is 1. The van der Waals surface area contributed by atoms with Gasteiger partial charge in [0.1, 0.15) is 5.75 Å². The van der Waals surface area contributed by atoms with Gasteiger partial charge in [0.15, 0.2) is 0 Å². The number of hydrogen-bond acceptors (Lipinski definition) is 3. The van der Waals surface area contributed by atoms with Crippen LogP contribution in [-0.2, 0) is 6.54 Å². The first-order chi connectivity index (χ1) is 9.35. The van der Waals surface area contributed by atoms with Crippen LogP contribution >= 0.6 is 0 Å². The summed E-state index contributed by atoms with van der Waals surface area (Å²) in [6, 6.07) is 10.6. The first-order valence-corrected chi connectivity index (χ1v) is 6.75. The molecule has 1 aromatic carbocycles. The van der Waals surface area contributed by atoms with Gasteiger partial charge in [-0.25, -0.2) is 0 Å². The topological polar surface area (TPSA) is 39.1 Å². The Bertz CT molecular complexity index is 564. The molecule has 0 amide bonds. The fraction of sp³-hybridized carbons (Fsp3) is 0.400. The molecule has 2 aromatic rings. The maximum atomic E-state index is 5.80. The second-order valence-corrected chi connectivity index (χ2v) is 4.79. The first kappa shape index (κ1) is 12.2. The van der Waals surface area contributed by atoms with Crippen LogP contribution in [0.15, 0.2) is 36.5 Å².